The van der Waals surface area contributed by atoms with Gasteiger partial charge in [-0.25, -0.2) is 13.2 Å². The lowest BCUT2D eigenvalue weighted by Crippen LogP contribution is -2.65. The molecule has 6 atom stereocenters. The highest BCUT2D eigenvalue weighted by atomic mass is 32.2. The maximum atomic E-state index is 14.1. The van der Waals surface area contributed by atoms with E-state index in [1.165, 1.54) is 25.2 Å². The van der Waals surface area contributed by atoms with Gasteiger partial charge in [-0.1, -0.05) is 49.6 Å². The third-order valence-corrected chi connectivity index (χ3v) is 12.2. The van der Waals surface area contributed by atoms with Gasteiger partial charge >= 0.3 is 6.03 Å². The highest BCUT2D eigenvalue weighted by Crippen LogP contribution is 2.39. The summed E-state index contributed by atoms with van der Waals surface area (Å²) < 4.78 is 24.2. The first-order chi connectivity index (χ1) is 21.9. The Kier molecular flexibility index (Phi) is 13.3. The summed E-state index contributed by atoms with van der Waals surface area (Å²) in [7, 11) is -3.82. The molecule has 0 spiro atoms. The van der Waals surface area contributed by atoms with Crippen LogP contribution in [-0.2, 0) is 25.8 Å². The number of piperidine rings is 1. The van der Waals surface area contributed by atoms with Crippen molar-refractivity contribution in [3.05, 3.63) is 35.9 Å². The van der Waals surface area contributed by atoms with Gasteiger partial charge < -0.3 is 26.0 Å². The molecule has 266 valence electrons. The van der Waals surface area contributed by atoms with Crippen LogP contribution in [-0.4, -0.2) is 108 Å². The minimum atomic E-state index is -3.82. The number of carbonyl (C=O) groups excluding carboxylic acids is 3. The van der Waals surface area contributed by atoms with Gasteiger partial charge in [-0.3, -0.25) is 14.5 Å². The lowest BCUT2D eigenvalue weighted by Gasteiger charge is -2.47. The molecule has 0 aromatic heterocycles. The second-order valence-electron chi connectivity index (χ2n) is 15.1. The summed E-state index contributed by atoms with van der Waals surface area (Å²) in [5.74, 6) is 0.133. The van der Waals surface area contributed by atoms with E-state index in [1.54, 1.807) is 13.8 Å². The number of β-amino-alcohol motifs (C(OH)–C–C–N with tert-alkyl or cyclic N) is 1. The molecule has 0 radical (unpaired) electrons. The fourth-order valence-electron chi connectivity index (χ4n) is 6.91. The highest BCUT2D eigenvalue weighted by Gasteiger charge is 2.46. The summed E-state index contributed by atoms with van der Waals surface area (Å²) in [5, 5.41) is 20.6. The fraction of sp³-hybridized carbons (Fsp3) is 0.743. The first kappa shape index (κ1) is 38.7. The number of hydrogen-bond acceptors (Lipinski definition) is 7. The normalized spacial score (nSPS) is 22.7. The number of sulfone groups is 1. The van der Waals surface area contributed by atoms with Crippen molar-refractivity contribution in [2.24, 2.45) is 11.8 Å². The number of aliphatic hydroxyl groups excluding tert-OH is 1. The molecule has 1 saturated heterocycles. The number of carbonyl (C=O) groups is 3. The minimum Gasteiger partial charge on any atom is -0.390 e. The number of benzene rings is 1. The summed E-state index contributed by atoms with van der Waals surface area (Å²) in [6.07, 6.45) is 5.44. The van der Waals surface area contributed by atoms with Crippen LogP contribution in [0.15, 0.2) is 30.3 Å². The zero-order chi connectivity index (χ0) is 35.2. The van der Waals surface area contributed by atoms with Gasteiger partial charge in [-0.15, -0.1) is 0 Å². The number of aliphatic hydroxyl groups is 1. The molecule has 4 amide bonds. The molecule has 2 fully saturated rings. The molecule has 1 aromatic rings. The van der Waals surface area contributed by atoms with E-state index in [1.807, 2.05) is 51.1 Å². The van der Waals surface area contributed by atoms with Gasteiger partial charge in [0.2, 0.25) is 11.8 Å². The Labute approximate surface area is 282 Å². The molecule has 2 aliphatic rings. The molecule has 2 unspecified atom stereocenters. The van der Waals surface area contributed by atoms with E-state index >= 15 is 0 Å². The molecular weight excluding hydrogens is 618 g/mol. The molecule has 12 heteroatoms. The number of urea groups is 1. The lowest BCUT2D eigenvalue weighted by molar-refractivity contribution is -0.133. The SMILES string of the molecule is CCN(CC)C(=O)N[C@H](C(=O)N[C@@H](Cc1ccccc1)[C@H](O)CN1CC2CCCCC2C[C@H]1C(=O)NC(C)(C)C)C(C)(C)S(C)(=O)=O. The van der Waals surface area contributed by atoms with E-state index in [9.17, 15) is 27.9 Å². The topological polar surface area (TPSA) is 148 Å². The van der Waals surface area contributed by atoms with Crippen molar-refractivity contribution in [3.8, 4) is 0 Å². The van der Waals surface area contributed by atoms with Crippen LogP contribution in [0.4, 0.5) is 4.79 Å². The molecule has 11 nitrogen and oxygen atoms in total. The van der Waals surface area contributed by atoms with Crippen LogP contribution < -0.4 is 16.0 Å². The van der Waals surface area contributed by atoms with Crippen LogP contribution in [0.2, 0.25) is 0 Å². The Morgan fingerprint density at radius 3 is 2.13 bits per heavy atom. The highest BCUT2D eigenvalue weighted by molar-refractivity contribution is 7.92. The Balaban J connectivity index is 1.94. The lowest BCUT2D eigenvalue weighted by atomic mass is 9.72. The van der Waals surface area contributed by atoms with Gasteiger partial charge in [-0.2, -0.15) is 0 Å². The van der Waals surface area contributed by atoms with E-state index in [0.29, 0.717) is 31.5 Å². The van der Waals surface area contributed by atoms with Crippen LogP contribution >= 0.6 is 0 Å². The van der Waals surface area contributed by atoms with Crippen molar-refractivity contribution in [2.75, 3.05) is 32.4 Å². The Morgan fingerprint density at radius 2 is 1.57 bits per heavy atom. The van der Waals surface area contributed by atoms with Gasteiger partial charge in [0, 0.05) is 38.0 Å². The molecule has 1 heterocycles. The summed E-state index contributed by atoms with van der Waals surface area (Å²) in [6, 6.07) is 6.22. The van der Waals surface area contributed by atoms with E-state index in [0.717, 1.165) is 37.5 Å². The third kappa shape index (κ3) is 10.4. The number of likely N-dealkylation sites (tertiary alicyclic amines) is 1. The Bertz CT molecular complexity index is 1310. The minimum absolute atomic E-state index is 0.0635. The predicted octanol–water partition coefficient (Wildman–Crippen LogP) is 3.11. The number of fused-ring (bicyclic) bond motifs is 1. The molecule has 3 rings (SSSR count). The smallest absolute Gasteiger partial charge is 0.318 e. The van der Waals surface area contributed by atoms with Crippen LogP contribution in [0.5, 0.6) is 0 Å². The van der Waals surface area contributed by atoms with Crippen molar-refractivity contribution in [1.29, 1.82) is 0 Å². The van der Waals surface area contributed by atoms with Crippen molar-refractivity contribution < 1.29 is 27.9 Å². The number of amides is 4. The molecule has 0 bridgehead atoms. The van der Waals surface area contributed by atoms with Crippen LogP contribution in [0.3, 0.4) is 0 Å². The molecule has 1 saturated carbocycles. The van der Waals surface area contributed by atoms with E-state index < -0.39 is 56.3 Å². The summed E-state index contributed by atoms with van der Waals surface area (Å²) in [6.45, 7) is 13.9. The van der Waals surface area contributed by atoms with Crippen molar-refractivity contribution >= 4 is 27.7 Å². The first-order valence-electron chi connectivity index (χ1n) is 17.2. The maximum absolute atomic E-state index is 14.1. The average Bonchev–Trinajstić information content (AvgIpc) is 2.98. The molecule has 1 aromatic carbocycles. The third-order valence-electron chi connectivity index (χ3n) is 10.0. The standard InChI is InChI=1S/C35H59N5O6S/c1-9-39(10-2)33(44)37-30(35(6,7)47(8,45)46)32(43)36-27(20-24-16-12-11-13-17-24)29(41)23-40-22-26-19-15-14-18-25(26)21-28(40)31(42)38-34(3,4)5/h11-13,16-17,25-30,41H,9-10,14-15,18-23H2,1-8H3,(H,36,43)(H,37,44)(H,38,42)/t25?,26?,27-,28-,29+,30+/m0/s1. The predicted molar refractivity (Wildman–Crippen MR) is 186 cm³/mol. The van der Waals surface area contributed by atoms with Gasteiger partial charge in [0.15, 0.2) is 9.84 Å². The monoisotopic (exact) mass is 677 g/mol. The Hall–Kier alpha value is -2.70. The summed E-state index contributed by atoms with van der Waals surface area (Å²) >= 11 is 0. The number of nitrogens with one attached hydrogen (secondary N) is 3. The molecule has 4 N–H and O–H groups in total. The second-order valence-corrected chi connectivity index (χ2v) is 17.6. The van der Waals surface area contributed by atoms with Crippen molar-refractivity contribution in [3.63, 3.8) is 0 Å². The van der Waals surface area contributed by atoms with Gasteiger partial charge in [0.1, 0.15) is 6.04 Å². The van der Waals surface area contributed by atoms with Gasteiger partial charge in [0.05, 0.1) is 22.9 Å². The number of rotatable bonds is 13. The zero-order valence-corrected chi connectivity index (χ0v) is 30.5. The van der Waals surface area contributed by atoms with Crippen LogP contribution in [0.25, 0.3) is 0 Å². The van der Waals surface area contributed by atoms with Crippen LogP contribution in [0, 0.1) is 11.8 Å². The van der Waals surface area contributed by atoms with Crippen LogP contribution in [0.1, 0.15) is 86.1 Å². The molecular formula is C35H59N5O6S. The van der Waals surface area contributed by atoms with Gasteiger partial charge in [0.25, 0.3) is 0 Å². The first-order valence-corrected chi connectivity index (χ1v) is 19.1. The molecule has 47 heavy (non-hydrogen) atoms. The molecule has 1 aliphatic heterocycles. The second kappa shape index (κ2) is 16.1. The fourth-order valence-corrected chi connectivity index (χ4v) is 7.50. The van der Waals surface area contributed by atoms with E-state index in [4.69, 9.17) is 0 Å². The largest absolute Gasteiger partial charge is 0.390 e. The van der Waals surface area contributed by atoms with E-state index in [-0.39, 0.29) is 18.9 Å². The maximum Gasteiger partial charge on any atom is 0.318 e. The molecule has 1 aliphatic carbocycles. The van der Waals surface area contributed by atoms with Crippen molar-refractivity contribution in [2.45, 2.75) is 122 Å². The zero-order valence-electron chi connectivity index (χ0n) is 29.7. The quantitative estimate of drug-likeness (QED) is 0.251. The number of nitrogens with zero attached hydrogens (tertiary/aromatic N) is 2. The van der Waals surface area contributed by atoms with E-state index in [2.05, 4.69) is 20.9 Å². The Morgan fingerprint density at radius 1 is 0.979 bits per heavy atom. The van der Waals surface area contributed by atoms with Gasteiger partial charge in [-0.05, 0) is 85.1 Å². The average molecular weight is 678 g/mol. The van der Waals surface area contributed by atoms with Crippen molar-refractivity contribution in [1.82, 2.24) is 25.8 Å². The summed E-state index contributed by atoms with van der Waals surface area (Å²) in [5.41, 5.74) is 0.460. The number of hydrogen-bond donors (Lipinski definition) is 4. The summed E-state index contributed by atoms with van der Waals surface area (Å²) in [4.78, 5) is 44.4.